The van der Waals surface area contributed by atoms with Gasteiger partial charge in [0, 0.05) is 11.6 Å². The molecule has 0 aliphatic heterocycles. The largest absolute Gasteiger partial charge is 0.290 e. The average molecular weight is 249 g/mol. The van der Waals surface area contributed by atoms with Gasteiger partial charge in [0.25, 0.3) is 0 Å². The minimum absolute atomic E-state index is 0.641. The highest BCUT2D eigenvalue weighted by atomic mass is 15.4. The maximum atomic E-state index is 6.16. The van der Waals surface area contributed by atoms with Crippen LogP contribution in [-0.4, -0.2) is 4.98 Å². The smallest absolute Gasteiger partial charge is 0.150 e. The lowest BCUT2D eigenvalue weighted by atomic mass is 10.1. The number of anilines is 1. The maximum absolute atomic E-state index is 6.16. The number of hydrazine groups is 1. The molecule has 1 aromatic heterocycles. The van der Waals surface area contributed by atoms with E-state index in [4.69, 9.17) is 5.84 Å². The van der Waals surface area contributed by atoms with Crippen molar-refractivity contribution in [2.75, 3.05) is 5.01 Å². The highest BCUT2D eigenvalue weighted by Crippen LogP contribution is 2.23. The number of hydrogen-bond donors (Lipinski definition) is 1. The fourth-order valence-corrected chi connectivity index (χ4v) is 2.19. The van der Waals surface area contributed by atoms with E-state index in [-0.39, 0.29) is 0 Å². The number of nitrogens with zero attached hydrogens (tertiary/aromatic N) is 2. The van der Waals surface area contributed by atoms with Crippen LogP contribution < -0.4 is 10.9 Å². The Morgan fingerprint density at radius 2 is 1.63 bits per heavy atom. The van der Waals surface area contributed by atoms with E-state index < -0.39 is 0 Å². The summed E-state index contributed by atoms with van der Waals surface area (Å²) >= 11 is 0. The summed E-state index contributed by atoms with van der Waals surface area (Å²) < 4.78 is 0. The van der Waals surface area contributed by atoms with Crippen molar-refractivity contribution < 1.29 is 0 Å². The normalized spacial score (nSPS) is 10.6. The van der Waals surface area contributed by atoms with Crippen LogP contribution in [0.15, 0.2) is 66.9 Å². The predicted molar refractivity (Wildman–Crippen MR) is 78.6 cm³/mol. The van der Waals surface area contributed by atoms with Gasteiger partial charge in [0.15, 0.2) is 5.82 Å². The van der Waals surface area contributed by atoms with Crippen molar-refractivity contribution in [3.8, 4) is 0 Å². The monoisotopic (exact) mass is 249 g/mol. The average Bonchev–Trinajstić information content (AvgIpc) is 2.47. The molecule has 3 rings (SSSR count). The lowest BCUT2D eigenvalue weighted by Crippen LogP contribution is -2.31. The lowest BCUT2D eigenvalue weighted by Gasteiger charge is -2.19. The number of benzene rings is 2. The molecule has 0 bridgehead atoms. The number of fused-ring (bicyclic) bond motifs is 1. The van der Waals surface area contributed by atoms with Gasteiger partial charge in [0.1, 0.15) is 0 Å². The Bertz CT molecular complexity index is 674. The molecule has 0 spiro atoms. The molecule has 0 saturated heterocycles. The summed E-state index contributed by atoms with van der Waals surface area (Å²) in [6, 6.07) is 20.3. The number of rotatable bonds is 3. The minimum atomic E-state index is 0.641. The van der Waals surface area contributed by atoms with Gasteiger partial charge < -0.3 is 0 Å². The molecule has 0 amide bonds. The minimum Gasteiger partial charge on any atom is -0.290 e. The van der Waals surface area contributed by atoms with Crippen LogP contribution in [-0.2, 0) is 6.54 Å². The zero-order chi connectivity index (χ0) is 13.1. The van der Waals surface area contributed by atoms with Crippen LogP contribution in [0, 0.1) is 0 Å². The van der Waals surface area contributed by atoms with Gasteiger partial charge in [-0.3, -0.25) is 5.01 Å². The molecule has 94 valence electrons. The molecule has 2 aromatic carbocycles. The van der Waals surface area contributed by atoms with E-state index in [1.54, 1.807) is 11.2 Å². The Morgan fingerprint density at radius 3 is 2.47 bits per heavy atom. The molecular formula is C16H15N3. The fourth-order valence-electron chi connectivity index (χ4n) is 2.19. The van der Waals surface area contributed by atoms with Crippen LogP contribution in [0.4, 0.5) is 5.82 Å². The van der Waals surface area contributed by atoms with Crippen molar-refractivity contribution >= 4 is 16.6 Å². The third-order valence-electron chi connectivity index (χ3n) is 3.12. The standard InChI is InChI=1S/C16H15N3/c17-19(12-13-6-2-1-3-7-13)16-15-9-5-4-8-14(15)10-11-18-16/h1-11H,12,17H2. The van der Waals surface area contributed by atoms with Crippen LogP contribution in [0.25, 0.3) is 10.8 Å². The lowest BCUT2D eigenvalue weighted by molar-refractivity contribution is 0.838. The number of aromatic nitrogens is 1. The van der Waals surface area contributed by atoms with Gasteiger partial charge in [-0.2, -0.15) is 0 Å². The molecule has 1 heterocycles. The van der Waals surface area contributed by atoms with Crippen molar-refractivity contribution in [2.24, 2.45) is 5.84 Å². The molecule has 0 aliphatic rings. The second kappa shape index (κ2) is 5.08. The van der Waals surface area contributed by atoms with Crippen molar-refractivity contribution in [1.29, 1.82) is 0 Å². The summed E-state index contributed by atoms with van der Waals surface area (Å²) in [5, 5.41) is 3.91. The molecule has 3 nitrogen and oxygen atoms in total. The molecule has 0 unspecified atom stereocenters. The highest BCUT2D eigenvalue weighted by Gasteiger charge is 2.08. The van der Waals surface area contributed by atoms with Gasteiger partial charge in [0.05, 0.1) is 6.54 Å². The van der Waals surface area contributed by atoms with E-state index in [9.17, 15) is 0 Å². The Kier molecular flexibility index (Phi) is 3.12. The van der Waals surface area contributed by atoms with Gasteiger partial charge in [-0.25, -0.2) is 10.8 Å². The van der Waals surface area contributed by atoms with E-state index in [0.29, 0.717) is 6.54 Å². The number of hydrogen-bond acceptors (Lipinski definition) is 3. The molecule has 19 heavy (non-hydrogen) atoms. The third-order valence-corrected chi connectivity index (χ3v) is 3.12. The van der Waals surface area contributed by atoms with Crippen molar-refractivity contribution in [3.63, 3.8) is 0 Å². The van der Waals surface area contributed by atoms with Crippen LogP contribution in [0.3, 0.4) is 0 Å². The summed E-state index contributed by atoms with van der Waals surface area (Å²) in [6.45, 7) is 0.641. The second-order valence-corrected chi connectivity index (χ2v) is 4.47. The van der Waals surface area contributed by atoms with Crippen LogP contribution in [0.1, 0.15) is 5.56 Å². The Hall–Kier alpha value is -2.39. The Morgan fingerprint density at radius 1 is 0.895 bits per heavy atom. The van der Waals surface area contributed by atoms with Gasteiger partial charge >= 0.3 is 0 Å². The summed E-state index contributed by atoms with van der Waals surface area (Å²) in [7, 11) is 0. The first kappa shape index (κ1) is 11.7. The highest BCUT2D eigenvalue weighted by molar-refractivity contribution is 5.91. The van der Waals surface area contributed by atoms with Gasteiger partial charge in [-0.05, 0) is 17.0 Å². The Labute approximate surface area is 112 Å². The summed E-state index contributed by atoms with van der Waals surface area (Å²) in [5.74, 6) is 6.97. The summed E-state index contributed by atoms with van der Waals surface area (Å²) in [4.78, 5) is 4.40. The maximum Gasteiger partial charge on any atom is 0.150 e. The first-order valence-corrected chi connectivity index (χ1v) is 6.24. The van der Waals surface area contributed by atoms with Crippen LogP contribution in [0.5, 0.6) is 0 Å². The van der Waals surface area contributed by atoms with Gasteiger partial charge in [-0.15, -0.1) is 0 Å². The predicted octanol–water partition coefficient (Wildman–Crippen LogP) is 3.12. The quantitative estimate of drug-likeness (QED) is 0.573. The van der Waals surface area contributed by atoms with Crippen LogP contribution >= 0.6 is 0 Å². The summed E-state index contributed by atoms with van der Waals surface area (Å²) in [6.07, 6.45) is 1.79. The van der Waals surface area contributed by atoms with E-state index in [1.165, 1.54) is 5.56 Å². The SMILES string of the molecule is NN(Cc1ccccc1)c1nccc2ccccc12. The fraction of sp³-hybridized carbons (Fsp3) is 0.0625. The van der Waals surface area contributed by atoms with E-state index >= 15 is 0 Å². The van der Waals surface area contributed by atoms with Crippen molar-refractivity contribution in [1.82, 2.24) is 4.98 Å². The molecule has 0 saturated carbocycles. The topological polar surface area (TPSA) is 42.1 Å². The zero-order valence-electron chi connectivity index (χ0n) is 10.5. The summed E-state index contributed by atoms with van der Waals surface area (Å²) in [5.41, 5.74) is 1.17. The Balaban J connectivity index is 1.96. The van der Waals surface area contributed by atoms with Crippen molar-refractivity contribution in [3.05, 3.63) is 72.4 Å². The molecule has 0 fully saturated rings. The number of nitrogens with two attached hydrogens (primary N) is 1. The van der Waals surface area contributed by atoms with Gasteiger partial charge in [-0.1, -0.05) is 54.6 Å². The first-order valence-electron chi connectivity index (χ1n) is 6.24. The zero-order valence-corrected chi connectivity index (χ0v) is 10.5. The van der Waals surface area contributed by atoms with Crippen molar-refractivity contribution in [2.45, 2.75) is 6.54 Å². The molecule has 0 aliphatic carbocycles. The first-order chi connectivity index (χ1) is 9.34. The van der Waals surface area contributed by atoms with Crippen LogP contribution in [0.2, 0.25) is 0 Å². The second-order valence-electron chi connectivity index (χ2n) is 4.47. The molecule has 2 N–H and O–H groups in total. The van der Waals surface area contributed by atoms with Gasteiger partial charge in [0.2, 0.25) is 0 Å². The number of pyridine rings is 1. The molecule has 0 radical (unpaired) electrons. The van der Waals surface area contributed by atoms with E-state index in [0.717, 1.165) is 16.6 Å². The molecule has 0 atom stereocenters. The van der Waals surface area contributed by atoms with E-state index in [2.05, 4.69) is 23.2 Å². The van der Waals surface area contributed by atoms with E-state index in [1.807, 2.05) is 42.5 Å². The molecule has 3 aromatic rings. The third kappa shape index (κ3) is 2.41. The molecular weight excluding hydrogens is 234 g/mol. The molecule has 3 heteroatoms.